The first kappa shape index (κ1) is 24.8. The number of hydrogen-bond acceptors (Lipinski definition) is 2. The number of aryl methyl sites for hydroxylation is 2. The largest absolute Gasteiger partial charge is 0.494 e. The van der Waals surface area contributed by atoms with Crippen molar-refractivity contribution in [3.8, 4) is 33.4 Å². The van der Waals surface area contributed by atoms with E-state index in [1.54, 1.807) is 0 Å². The van der Waals surface area contributed by atoms with Crippen LogP contribution in [0.1, 0.15) is 38.8 Å². The van der Waals surface area contributed by atoms with Crippen molar-refractivity contribution in [2.45, 2.75) is 52.7 Å². The highest BCUT2D eigenvalue weighted by Gasteiger charge is 2.51. The Balaban J connectivity index is 1.48. The smallest absolute Gasteiger partial charge is 0.399 e. The zero-order valence-corrected chi connectivity index (χ0v) is 24.6. The fourth-order valence-electron chi connectivity index (χ4n) is 7.09. The molecule has 1 aliphatic heterocycles. The third-order valence-electron chi connectivity index (χ3n) is 9.90. The van der Waals surface area contributed by atoms with Gasteiger partial charge in [0.05, 0.1) is 11.2 Å². The van der Waals surface area contributed by atoms with Gasteiger partial charge in [-0.1, -0.05) is 78.9 Å². The number of fused-ring (bicyclic) bond motifs is 7. The number of benzene rings is 6. The SMILES string of the molecule is Cc1cccc(C)c1-c1cc2c3cccc4c3c(cc2c2ccc(B3OC(C)(C)C(C)(C)O3)cc12)-c1ccccc1-4. The molecule has 0 radical (unpaired) electrons. The summed E-state index contributed by atoms with van der Waals surface area (Å²) in [5.41, 5.74) is 10.7. The molecule has 0 saturated carbocycles. The molecule has 0 unspecified atom stereocenters. The fraction of sp³-hybridized carbons (Fsp3) is 0.211. The van der Waals surface area contributed by atoms with Crippen LogP contribution in [0.4, 0.5) is 0 Å². The molecular formula is C38H33BO2. The number of rotatable bonds is 2. The second-order valence-electron chi connectivity index (χ2n) is 12.9. The molecule has 2 nitrogen and oxygen atoms in total. The monoisotopic (exact) mass is 532 g/mol. The van der Waals surface area contributed by atoms with Crippen molar-refractivity contribution in [3.05, 3.63) is 102 Å². The van der Waals surface area contributed by atoms with E-state index in [0.29, 0.717) is 0 Å². The van der Waals surface area contributed by atoms with E-state index in [4.69, 9.17) is 9.31 Å². The molecule has 1 fully saturated rings. The quantitative estimate of drug-likeness (QED) is 0.163. The lowest BCUT2D eigenvalue weighted by Gasteiger charge is -2.32. The van der Waals surface area contributed by atoms with Gasteiger partial charge in [-0.05, 0) is 136 Å². The summed E-state index contributed by atoms with van der Waals surface area (Å²) in [6.07, 6.45) is 0. The first-order valence-corrected chi connectivity index (χ1v) is 14.6. The summed E-state index contributed by atoms with van der Waals surface area (Å²) in [4.78, 5) is 0. The Hall–Kier alpha value is -3.92. The first-order chi connectivity index (χ1) is 19.6. The molecule has 6 aromatic carbocycles. The van der Waals surface area contributed by atoms with Crippen LogP contribution in [0, 0.1) is 13.8 Å². The van der Waals surface area contributed by atoms with E-state index in [1.165, 1.54) is 76.8 Å². The van der Waals surface area contributed by atoms with E-state index in [9.17, 15) is 0 Å². The van der Waals surface area contributed by atoms with Gasteiger partial charge in [0.1, 0.15) is 0 Å². The molecule has 200 valence electrons. The van der Waals surface area contributed by atoms with E-state index >= 15 is 0 Å². The Morgan fingerprint density at radius 2 is 1.07 bits per heavy atom. The normalized spacial score (nSPS) is 16.7. The second-order valence-corrected chi connectivity index (χ2v) is 12.9. The third kappa shape index (κ3) is 3.40. The molecule has 3 heteroatoms. The van der Waals surface area contributed by atoms with Crippen molar-refractivity contribution in [1.82, 2.24) is 0 Å². The van der Waals surface area contributed by atoms with E-state index in [-0.39, 0.29) is 11.2 Å². The van der Waals surface area contributed by atoms with Gasteiger partial charge in [0.2, 0.25) is 0 Å². The Morgan fingerprint density at radius 1 is 0.488 bits per heavy atom. The summed E-state index contributed by atoms with van der Waals surface area (Å²) in [5, 5.41) is 7.75. The van der Waals surface area contributed by atoms with Crippen LogP contribution < -0.4 is 5.46 Å². The minimum atomic E-state index is -0.408. The maximum Gasteiger partial charge on any atom is 0.494 e. The van der Waals surface area contributed by atoms with Crippen LogP contribution >= 0.6 is 0 Å². The van der Waals surface area contributed by atoms with Gasteiger partial charge in [-0.15, -0.1) is 0 Å². The van der Waals surface area contributed by atoms with Crippen LogP contribution in [0.25, 0.3) is 65.7 Å². The molecule has 2 aliphatic rings. The predicted octanol–water partition coefficient (Wildman–Crippen LogP) is 9.38. The zero-order chi connectivity index (χ0) is 28.3. The molecule has 1 aliphatic carbocycles. The third-order valence-corrected chi connectivity index (χ3v) is 9.90. The van der Waals surface area contributed by atoms with Crippen LogP contribution in [0.3, 0.4) is 0 Å². The molecule has 41 heavy (non-hydrogen) atoms. The van der Waals surface area contributed by atoms with E-state index in [0.717, 1.165) is 5.46 Å². The van der Waals surface area contributed by atoms with Gasteiger partial charge in [-0.3, -0.25) is 0 Å². The summed E-state index contributed by atoms with van der Waals surface area (Å²) in [5.74, 6) is 0. The van der Waals surface area contributed by atoms with Crippen molar-refractivity contribution in [2.24, 2.45) is 0 Å². The van der Waals surface area contributed by atoms with Crippen molar-refractivity contribution in [2.75, 3.05) is 0 Å². The Kier molecular flexibility index (Phi) is 5.04. The summed E-state index contributed by atoms with van der Waals surface area (Å²) in [6, 6.07) is 33.9. The first-order valence-electron chi connectivity index (χ1n) is 14.6. The van der Waals surface area contributed by atoms with Gasteiger partial charge < -0.3 is 9.31 Å². The molecule has 1 heterocycles. The topological polar surface area (TPSA) is 18.5 Å². The molecule has 0 N–H and O–H groups in total. The van der Waals surface area contributed by atoms with Crippen molar-refractivity contribution >= 4 is 44.9 Å². The van der Waals surface area contributed by atoms with Gasteiger partial charge in [-0.2, -0.15) is 0 Å². The van der Waals surface area contributed by atoms with Crippen molar-refractivity contribution in [1.29, 1.82) is 0 Å². The van der Waals surface area contributed by atoms with Gasteiger partial charge in [-0.25, -0.2) is 0 Å². The molecule has 1 saturated heterocycles. The minimum Gasteiger partial charge on any atom is -0.399 e. The van der Waals surface area contributed by atoms with Crippen LogP contribution in [-0.4, -0.2) is 18.3 Å². The minimum absolute atomic E-state index is 0.389. The van der Waals surface area contributed by atoms with Gasteiger partial charge in [0, 0.05) is 0 Å². The van der Waals surface area contributed by atoms with E-state index in [2.05, 4.69) is 133 Å². The lowest BCUT2D eigenvalue weighted by molar-refractivity contribution is 0.00578. The van der Waals surface area contributed by atoms with Crippen LogP contribution in [0.15, 0.2) is 91.0 Å². The molecule has 0 spiro atoms. The van der Waals surface area contributed by atoms with Gasteiger partial charge >= 0.3 is 7.12 Å². The average Bonchev–Trinajstić information content (AvgIpc) is 3.38. The maximum absolute atomic E-state index is 6.50. The second kappa shape index (κ2) is 8.32. The highest BCUT2D eigenvalue weighted by atomic mass is 16.7. The summed E-state index contributed by atoms with van der Waals surface area (Å²) < 4.78 is 13.0. The molecule has 0 amide bonds. The van der Waals surface area contributed by atoms with Crippen molar-refractivity contribution in [3.63, 3.8) is 0 Å². The molecule has 0 atom stereocenters. The molecule has 0 bridgehead atoms. The Morgan fingerprint density at radius 3 is 1.78 bits per heavy atom. The Bertz CT molecular complexity index is 2050. The molecular weight excluding hydrogens is 499 g/mol. The van der Waals surface area contributed by atoms with Crippen molar-refractivity contribution < 1.29 is 9.31 Å². The molecule has 6 aromatic rings. The molecule has 8 rings (SSSR count). The van der Waals surface area contributed by atoms with Crippen LogP contribution in [0.5, 0.6) is 0 Å². The predicted molar refractivity (Wildman–Crippen MR) is 174 cm³/mol. The van der Waals surface area contributed by atoms with Crippen LogP contribution in [0.2, 0.25) is 0 Å². The summed E-state index contributed by atoms with van der Waals surface area (Å²) in [7, 11) is -0.408. The molecule has 0 aromatic heterocycles. The lowest BCUT2D eigenvalue weighted by Crippen LogP contribution is -2.41. The fourth-order valence-corrected chi connectivity index (χ4v) is 7.09. The van der Waals surface area contributed by atoms with Crippen LogP contribution in [-0.2, 0) is 9.31 Å². The maximum atomic E-state index is 6.50. The van der Waals surface area contributed by atoms with Gasteiger partial charge in [0.25, 0.3) is 0 Å². The average molecular weight is 532 g/mol. The standard InChI is InChI=1S/C38H33BO2/c1-22-11-9-12-23(2)35(22)34-21-32-29-16-10-15-28-25-13-7-8-14-26(25)33(36(28)29)20-31(32)27-18-17-24(19-30(27)34)39-40-37(3,4)38(5,6)41-39/h7-21H,1-6H3. The van der Waals surface area contributed by atoms with E-state index in [1.807, 2.05) is 0 Å². The summed E-state index contributed by atoms with van der Waals surface area (Å²) in [6.45, 7) is 12.9. The Labute approximate surface area is 242 Å². The lowest BCUT2D eigenvalue weighted by atomic mass is 9.76. The highest BCUT2D eigenvalue weighted by molar-refractivity contribution is 6.62. The highest BCUT2D eigenvalue weighted by Crippen LogP contribution is 2.51. The zero-order valence-electron chi connectivity index (χ0n) is 24.6. The van der Waals surface area contributed by atoms with E-state index < -0.39 is 7.12 Å². The number of hydrogen-bond donors (Lipinski definition) is 0. The summed E-state index contributed by atoms with van der Waals surface area (Å²) >= 11 is 0. The van der Waals surface area contributed by atoms with Gasteiger partial charge in [0.15, 0.2) is 0 Å².